The topological polar surface area (TPSA) is 77.0 Å². The van der Waals surface area contributed by atoms with Gasteiger partial charge in [0.1, 0.15) is 17.4 Å². The van der Waals surface area contributed by atoms with Crippen molar-refractivity contribution >= 4 is 41.3 Å². The van der Waals surface area contributed by atoms with Gasteiger partial charge in [-0.05, 0) is 19.1 Å². The molecule has 0 atom stereocenters. The number of hydrogen-bond donors (Lipinski definition) is 2. The number of nitrogens with one attached hydrogen (secondary N) is 2. The van der Waals surface area contributed by atoms with Gasteiger partial charge in [-0.3, -0.25) is 0 Å². The Kier molecular flexibility index (Phi) is 8.61. The summed E-state index contributed by atoms with van der Waals surface area (Å²) in [6.07, 6.45) is -4.44. The molecule has 0 unspecified atom stereocenters. The number of hydrogen-bond acceptors (Lipinski definition) is 6. The summed E-state index contributed by atoms with van der Waals surface area (Å²) >= 11 is 0.931. The Hall–Kier alpha value is -1.96. The summed E-state index contributed by atoms with van der Waals surface area (Å²) in [6.45, 7) is 3.57. The fourth-order valence-corrected chi connectivity index (χ4v) is 3.03. The van der Waals surface area contributed by atoms with E-state index in [2.05, 4.69) is 20.6 Å². The number of guanidine groups is 1. The monoisotopic (exact) mass is 544 g/mol. The Morgan fingerprint density at radius 2 is 2.07 bits per heavy atom. The Balaban J connectivity index is 0.00000300. The summed E-state index contributed by atoms with van der Waals surface area (Å²) in [5.74, 6) is 2.45. The van der Waals surface area contributed by atoms with E-state index in [1.165, 1.54) is 0 Å². The van der Waals surface area contributed by atoms with E-state index in [4.69, 9.17) is 14.2 Å². The molecule has 1 aromatic carbocycles. The zero-order valence-electron chi connectivity index (χ0n) is 15.4. The second kappa shape index (κ2) is 10.7. The van der Waals surface area contributed by atoms with Gasteiger partial charge in [0.25, 0.3) is 0 Å². The van der Waals surface area contributed by atoms with E-state index < -0.39 is 11.9 Å². The van der Waals surface area contributed by atoms with Crippen molar-refractivity contribution in [1.82, 2.24) is 15.6 Å². The van der Waals surface area contributed by atoms with Gasteiger partial charge in [0, 0.05) is 18.0 Å². The average molecular weight is 544 g/mol. The van der Waals surface area contributed by atoms with Gasteiger partial charge in [0.2, 0.25) is 6.79 Å². The third kappa shape index (κ3) is 6.80. The maximum Gasteiger partial charge on any atom is 0.434 e. The van der Waals surface area contributed by atoms with Crippen LogP contribution >= 0.6 is 35.3 Å². The van der Waals surface area contributed by atoms with E-state index in [0.29, 0.717) is 47.9 Å². The number of benzene rings is 1. The summed E-state index contributed by atoms with van der Waals surface area (Å²) in [5, 5.41) is 7.37. The molecule has 7 nitrogen and oxygen atoms in total. The summed E-state index contributed by atoms with van der Waals surface area (Å²) in [7, 11) is 0. The van der Waals surface area contributed by atoms with Crippen molar-refractivity contribution in [3.63, 3.8) is 0 Å². The van der Waals surface area contributed by atoms with Crippen molar-refractivity contribution in [1.29, 1.82) is 0 Å². The van der Waals surface area contributed by atoms with Gasteiger partial charge in [-0.1, -0.05) is 0 Å². The minimum atomic E-state index is -4.44. The standard InChI is InChI=1S/C17H19F3N4O3S.HI/c1-2-21-16(23-8-15-24-14(9-28-15)17(18,19)20)22-5-6-25-11-3-4-12-13(7-11)27-10-26-12;/h3-4,7,9H,2,5-6,8,10H2,1H3,(H2,21,22,23);1H. The molecule has 12 heteroatoms. The van der Waals surface area contributed by atoms with Crippen LogP contribution in [-0.2, 0) is 12.7 Å². The minimum absolute atomic E-state index is 0. The van der Waals surface area contributed by atoms with Crippen molar-refractivity contribution in [3.05, 3.63) is 34.3 Å². The van der Waals surface area contributed by atoms with Crippen molar-refractivity contribution in [2.75, 3.05) is 26.5 Å². The van der Waals surface area contributed by atoms with Crippen LogP contribution in [0.25, 0.3) is 0 Å². The predicted octanol–water partition coefficient (Wildman–Crippen LogP) is 3.64. The fourth-order valence-electron chi connectivity index (χ4n) is 2.31. The van der Waals surface area contributed by atoms with Crippen molar-refractivity contribution < 1.29 is 27.4 Å². The number of aliphatic imine (C=N–C) groups is 1. The van der Waals surface area contributed by atoms with Crippen LogP contribution in [-0.4, -0.2) is 37.4 Å². The van der Waals surface area contributed by atoms with Gasteiger partial charge in [-0.15, -0.1) is 35.3 Å². The van der Waals surface area contributed by atoms with E-state index >= 15 is 0 Å². The largest absolute Gasteiger partial charge is 0.492 e. The summed E-state index contributed by atoms with van der Waals surface area (Å²) in [4.78, 5) is 7.82. The molecule has 2 heterocycles. The van der Waals surface area contributed by atoms with E-state index in [9.17, 15) is 13.2 Å². The van der Waals surface area contributed by atoms with Gasteiger partial charge >= 0.3 is 6.18 Å². The molecule has 0 saturated heterocycles. The Bertz CT molecular complexity index is 832. The summed E-state index contributed by atoms with van der Waals surface area (Å²) < 4.78 is 54.0. The summed E-state index contributed by atoms with van der Waals surface area (Å²) in [5.41, 5.74) is -0.891. The van der Waals surface area contributed by atoms with Crippen LogP contribution in [0.1, 0.15) is 17.6 Å². The third-order valence-electron chi connectivity index (χ3n) is 3.57. The third-order valence-corrected chi connectivity index (χ3v) is 4.40. The van der Waals surface area contributed by atoms with E-state index in [-0.39, 0.29) is 37.3 Å². The van der Waals surface area contributed by atoms with Gasteiger partial charge < -0.3 is 24.8 Å². The lowest BCUT2D eigenvalue weighted by Crippen LogP contribution is -2.39. The second-order valence-corrected chi connectivity index (χ2v) is 6.55. The molecule has 3 rings (SSSR count). The average Bonchev–Trinajstić information content (AvgIpc) is 3.31. The zero-order valence-corrected chi connectivity index (χ0v) is 18.6. The molecule has 0 aliphatic carbocycles. The van der Waals surface area contributed by atoms with Crippen LogP contribution < -0.4 is 24.8 Å². The molecule has 2 aromatic rings. The first-order chi connectivity index (χ1) is 13.5. The number of fused-ring (bicyclic) bond motifs is 1. The van der Waals surface area contributed by atoms with Crippen molar-refractivity contribution in [3.8, 4) is 17.2 Å². The molecule has 1 aliphatic heterocycles. The maximum absolute atomic E-state index is 12.6. The molecular weight excluding hydrogens is 524 g/mol. The Morgan fingerprint density at radius 3 is 2.79 bits per heavy atom. The predicted molar refractivity (Wildman–Crippen MR) is 113 cm³/mol. The maximum atomic E-state index is 12.6. The molecule has 0 amide bonds. The van der Waals surface area contributed by atoms with Crippen LogP contribution in [0, 0.1) is 0 Å². The summed E-state index contributed by atoms with van der Waals surface area (Å²) in [6, 6.07) is 5.32. The number of aromatic nitrogens is 1. The van der Waals surface area contributed by atoms with Crippen LogP contribution in [0.4, 0.5) is 13.2 Å². The van der Waals surface area contributed by atoms with Crippen LogP contribution in [0.15, 0.2) is 28.6 Å². The number of nitrogens with zero attached hydrogens (tertiary/aromatic N) is 2. The molecule has 0 spiro atoms. The molecular formula is C17H20F3IN4O3S. The highest BCUT2D eigenvalue weighted by Gasteiger charge is 2.33. The zero-order chi connectivity index (χ0) is 20.0. The van der Waals surface area contributed by atoms with Crippen LogP contribution in [0.3, 0.4) is 0 Å². The normalized spacial score (nSPS) is 13.0. The fraction of sp³-hybridized carbons (Fsp3) is 0.412. The quantitative estimate of drug-likeness (QED) is 0.240. The molecule has 2 N–H and O–H groups in total. The molecule has 1 aromatic heterocycles. The number of thiazole rings is 1. The Morgan fingerprint density at radius 1 is 1.28 bits per heavy atom. The lowest BCUT2D eigenvalue weighted by atomic mass is 10.3. The van der Waals surface area contributed by atoms with E-state index in [0.717, 1.165) is 16.7 Å². The highest BCUT2D eigenvalue weighted by atomic mass is 127. The van der Waals surface area contributed by atoms with E-state index in [1.807, 2.05) is 6.92 Å². The van der Waals surface area contributed by atoms with Crippen LogP contribution in [0.2, 0.25) is 0 Å². The number of rotatable bonds is 7. The first-order valence-corrected chi connectivity index (χ1v) is 9.40. The number of alkyl halides is 3. The highest BCUT2D eigenvalue weighted by Crippen LogP contribution is 2.35. The smallest absolute Gasteiger partial charge is 0.434 e. The molecule has 0 saturated carbocycles. The first kappa shape index (κ1) is 23.3. The minimum Gasteiger partial charge on any atom is -0.492 e. The Labute approximate surface area is 186 Å². The molecule has 0 radical (unpaired) electrons. The van der Waals surface area contributed by atoms with E-state index in [1.54, 1.807) is 18.2 Å². The molecule has 0 fully saturated rings. The van der Waals surface area contributed by atoms with Gasteiger partial charge in [0.15, 0.2) is 23.2 Å². The molecule has 1 aliphatic rings. The van der Waals surface area contributed by atoms with Gasteiger partial charge in [0.05, 0.1) is 13.1 Å². The molecule has 29 heavy (non-hydrogen) atoms. The van der Waals surface area contributed by atoms with Crippen molar-refractivity contribution in [2.45, 2.75) is 19.6 Å². The lowest BCUT2D eigenvalue weighted by Gasteiger charge is -2.12. The lowest BCUT2D eigenvalue weighted by molar-refractivity contribution is -0.140. The molecule has 0 bridgehead atoms. The SMILES string of the molecule is CCNC(=NCc1nc(C(F)(F)F)cs1)NCCOc1ccc2c(c1)OCO2.I. The first-order valence-electron chi connectivity index (χ1n) is 8.52. The highest BCUT2D eigenvalue weighted by molar-refractivity contribution is 14.0. The number of ether oxygens (including phenoxy) is 3. The van der Waals surface area contributed by atoms with Crippen molar-refractivity contribution in [2.24, 2.45) is 4.99 Å². The number of halogens is 4. The van der Waals surface area contributed by atoms with Gasteiger partial charge in [-0.25, -0.2) is 9.98 Å². The van der Waals surface area contributed by atoms with Gasteiger partial charge in [-0.2, -0.15) is 13.2 Å². The molecule has 160 valence electrons. The van der Waals surface area contributed by atoms with Crippen LogP contribution in [0.5, 0.6) is 17.2 Å². The second-order valence-electron chi connectivity index (χ2n) is 5.61.